The summed E-state index contributed by atoms with van der Waals surface area (Å²) in [6.45, 7) is 1.67. The number of anilines is 1. The number of phenols is 2. The van der Waals surface area contributed by atoms with Crippen molar-refractivity contribution in [3.05, 3.63) is 40.2 Å². The topological polar surface area (TPSA) is 187 Å². The van der Waals surface area contributed by atoms with Crippen molar-refractivity contribution in [1.82, 2.24) is 4.90 Å². The molecule has 33 heavy (non-hydrogen) atoms. The number of amides is 1. The summed E-state index contributed by atoms with van der Waals surface area (Å²) in [6.07, 6.45) is -0.0806. The average Bonchev–Trinajstić information content (AvgIpc) is 2.70. The van der Waals surface area contributed by atoms with E-state index in [1.54, 1.807) is 13.0 Å². The van der Waals surface area contributed by atoms with Gasteiger partial charge in [0.2, 0.25) is 5.78 Å². The van der Waals surface area contributed by atoms with E-state index >= 15 is 0 Å². The van der Waals surface area contributed by atoms with Gasteiger partial charge in [0.15, 0.2) is 11.4 Å². The number of aryl methyl sites for hydroxylation is 1. The lowest BCUT2D eigenvalue weighted by Gasteiger charge is -2.47. The summed E-state index contributed by atoms with van der Waals surface area (Å²) < 4.78 is 0. The van der Waals surface area contributed by atoms with Gasteiger partial charge in [-0.3, -0.25) is 19.3 Å². The third kappa shape index (κ3) is 2.91. The first-order valence-corrected chi connectivity index (χ1v) is 9.82. The minimum Gasteiger partial charge on any atom is -0.508 e. The normalized spacial score (nSPS) is 24.5. The number of aromatic hydroxyl groups is 2. The van der Waals surface area contributed by atoms with E-state index in [0.717, 1.165) is 0 Å². The summed E-state index contributed by atoms with van der Waals surface area (Å²) in [7, 11) is 3.07. The molecule has 0 aromatic heterocycles. The van der Waals surface area contributed by atoms with Gasteiger partial charge >= 0.3 is 0 Å². The first-order chi connectivity index (χ1) is 14.8. The number of rotatable bonds is 2. The molecule has 0 radical (unpaired) electrons. The fraction of sp³-hybridized carbons (Fsp3) is 0.318. The van der Waals surface area contributed by atoms with Crippen LogP contribution in [0.3, 0.4) is 0 Å². The third-order valence-corrected chi connectivity index (χ3v) is 6.67. The smallest absolute Gasteiger partial charge is 0.255 e. The van der Waals surface area contributed by atoms with Crippen molar-refractivity contribution >= 4 is 46.3 Å². The van der Waals surface area contributed by atoms with Gasteiger partial charge in [0.25, 0.3) is 5.91 Å². The molecular formula is C22H24ClN3O7. The lowest BCUT2D eigenvalue weighted by atomic mass is 9.61. The maximum atomic E-state index is 13.6. The average molecular weight is 478 g/mol. The van der Waals surface area contributed by atoms with Crippen LogP contribution in [0.2, 0.25) is 0 Å². The number of aliphatic hydroxyl groups is 2. The molecule has 2 aliphatic rings. The van der Waals surface area contributed by atoms with Gasteiger partial charge in [0.05, 0.1) is 22.7 Å². The van der Waals surface area contributed by atoms with Crippen LogP contribution in [0.25, 0.3) is 10.8 Å². The summed E-state index contributed by atoms with van der Waals surface area (Å²) in [6, 6.07) is 1.90. The monoisotopic (exact) mass is 477 g/mol. The number of aliphatic hydroxyl groups excluding tert-OH is 1. The maximum Gasteiger partial charge on any atom is 0.255 e. The Balaban J connectivity index is 0.00000306. The van der Waals surface area contributed by atoms with E-state index in [0.29, 0.717) is 16.5 Å². The lowest BCUT2D eigenvalue weighted by molar-refractivity contribution is -0.132. The van der Waals surface area contributed by atoms with E-state index in [1.807, 2.05) is 0 Å². The molecular weight excluding hydrogens is 454 g/mol. The van der Waals surface area contributed by atoms with Crippen molar-refractivity contribution < 1.29 is 34.8 Å². The zero-order valence-electron chi connectivity index (χ0n) is 18.0. The standard InChI is InChI=1S/C22H23N3O7.ClH/c1-7-8-4-5-11(23)16(26)12(8)17(27)13-9(7)6-10-15(25(2)3)18(28)14(21(24)31)20(30)22(10,32)19(13)29;/h4-5,10,15,26-27,30,32H,6,23H2,1-3H3,(H2,24,31);1H/t10-,15-,22-;/m0./s1. The maximum absolute atomic E-state index is 13.6. The number of Topliss-reactive ketones (excluding diaryl/α,β-unsaturated/α-hetero) is 2. The van der Waals surface area contributed by atoms with Gasteiger partial charge in [-0.1, -0.05) is 6.07 Å². The summed E-state index contributed by atoms with van der Waals surface area (Å²) in [5, 5.41) is 44.0. The molecule has 0 aliphatic heterocycles. The molecule has 8 N–H and O–H groups in total. The SMILES string of the molecule is Cc1c2c(c(O)c3c(O)c(N)ccc13)C(=O)[C@]1(O)C(O)=C(C(N)=O)C(=O)[C@@H](N(C)C)[C@@H]1C2.Cl. The van der Waals surface area contributed by atoms with Crippen molar-refractivity contribution in [2.45, 2.75) is 25.0 Å². The van der Waals surface area contributed by atoms with Gasteiger partial charge in [0, 0.05) is 5.92 Å². The molecule has 0 saturated heterocycles. The highest BCUT2D eigenvalue weighted by Gasteiger charge is 2.62. The second kappa shape index (κ2) is 7.62. The van der Waals surface area contributed by atoms with Crippen molar-refractivity contribution in [3.63, 3.8) is 0 Å². The Morgan fingerprint density at radius 3 is 2.30 bits per heavy atom. The second-order valence-electron chi connectivity index (χ2n) is 8.52. The van der Waals surface area contributed by atoms with Crippen LogP contribution in [0, 0.1) is 12.8 Å². The summed E-state index contributed by atoms with van der Waals surface area (Å²) in [5.41, 5.74) is 8.03. The Kier molecular flexibility index (Phi) is 5.61. The van der Waals surface area contributed by atoms with Crippen LogP contribution in [0.5, 0.6) is 11.5 Å². The molecule has 0 fully saturated rings. The molecule has 2 aliphatic carbocycles. The van der Waals surface area contributed by atoms with Crippen molar-refractivity contribution in [3.8, 4) is 11.5 Å². The van der Waals surface area contributed by atoms with E-state index in [4.69, 9.17) is 11.5 Å². The summed E-state index contributed by atoms with van der Waals surface area (Å²) >= 11 is 0. The van der Waals surface area contributed by atoms with Crippen LogP contribution < -0.4 is 11.5 Å². The number of nitrogen functional groups attached to an aromatic ring is 1. The molecule has 10 nitrogen and oxygen atoms in total. The Hall–Kier alpha value is -3.34. The third-order valence-electron chi connectivity index (χ3n) is 6.67. The van der Waals surface area contributed by atoms with Gasteiger partial charge < -0.3 is 31.9 Å². The zero-order chi connectivity index (χ0) is 23.9. The highest BCUT2D eigenvalue weighted by Crippen LogP contribution is 2.51. The Labute approximate surface area is 194 Å². The van der Waals surface area contributed by atoms with Gasteiger partial charge in [-0.05, 0) is 50.0 Å². The largest absolute Gasteiger partial charge is 0.508 e. The molecule has 2 aromatic rings. The number of phenolic OH excluding ortho intramolecular Hbond substituents is 2. The van der Waals surface area contributed by atoms with E-state index < -0.39 is 57.9 Å². The number of benzene rings is 2. The fourth-order valence-corrected chi connectivity index (χ4v) is 5.10. The zero-order valence-corrected chi connectivity index (χ0v) is 18.9. The number of primary amides is 1. The van der Waals surface area contributed by atoms with Crippen LogP contribution in [0.15, 0.2) is 23.5 Å². The molecule has 0 spiro atoms. The van der Waals surface area contributed by atoms with Crippen LogP contribution >= 0.6 is 12.4 Å². The fourth-order valence-electron chi connectivity index (χ4n) is 5.10. The Morgan fingerprint density at radius 2 is 1.76 bits per heavy atom. The number of nitrogens with two attached hydrogens (primary N) is 2. The van der Waals surface area contributed by atoms with Crippen LogP contribution in [-0.2, 0) is 16.0 Å². The number of fused-ring (bicyclic) bond motifs is 3. The van der Waals surface area contributed by atoms with Crippen molar-refractivity contribution in [2.24, 2.45) is 11.7 Å². The molecule has 4 rings (SSSR count). The van der Waals surface area contributed by atoms with Gasteiger partial charge in [-0.25, -0.2) is 0 Å². The molecule has 176 valence electrons. The molecule has 0 unspecified atom stereocenters. The molecule has 0 bridgehead atoms. The number of likely N-dealkylation sites (N-methyl/N-ethyl adjacent to an activating group) is 1. The van der Waals surface area contributed by atoms with Crippen LogP contribution in [0.4, 0.5) is 5.69 Å². The summed E-state index contributed by atoms with van der Waals surface area (Å²) in [5.74, 6) is -6.55. The van der Waals surface area contributed by atoms with Crippen LogP contribution in [-0.4, -0.2) is 68.5 Å². The number of hydrogen-bond donors (Lipinski definition) is 6. The first-order valence-electron chi connectivity index (χ1n) is 9.82. The lowest BCUT2D eigenvalue weighted by Crippen LogP contribution is -2.64. The first kappa shape index (κ1) is 24.3. The van der Waals surface area contributed by atoms with Crippen molar-refractivity contribution in [1.29, 1.82) is 0 Å². The number of carbonyl (C=O) groups is 3. The molecule has 2 aromatic carbocycles. The Morgan fingerprint density at radius 1 is 1.15 bits per heavy atom. The minimum atomic E-state index is -2.69. The number of carbonyl (C=O) groups excluding carboxylic acids is 3. The summed E-state index contributed by atoms with van der Waals surface area (Å²) in [4.78, 5) is 40.0. The molecule has 0 saturated carbocycles. The number of halogens is 1. The van der Waals surface area contributed by atoms with Crippen LogP contribution in [0.1, 0.15) is 21.5 Å². The quantitative estimate of drug-likeness (QED) is 0.203. The van der Waals surface area contributed by atoms with Crippen molar-refractivity contribution in [2.75, 3.05) is 19.8 Å². The molecule has 1 amide bonds. The number of ketones is 2. The minimum absolute atomic E-state index is 0. The van der Waals surface area contributed by atoms with Gasteiger partial charge in [-0.2, -0.15) is 0 Å². The van der Waals surface area contributed by atoms with E-state index in [1.165, 1.54) is 25.1 Å². The molecule has 0 heterocycles. The van der Waals surface area contributed by atoms with E-state index in [2.05, 4.69) is 0 Å². The van der Waals surface area contributed by atoms with E-state index in [9.17, 15) is 34.8 Å². The molecule has 11 heteroatoms. The van der Waals surface area contributed by atoms with Gasteiger partial charge in [0.1, 0.15) is 22.8 Å². The Bertz CT molecular complexity index is 1290. The highest BCUT2D eigenvalue weighted by atomic mass is 35.5. The highest BCUT2D eigenvalue weighted by molar-refractivity contribution is 6.25. The second-order valence-corrected chi connectivity index (χ2v) is 8.52. The van der Waals surface area contributed by atoms with E-state index in [-0.39, 0.29) is 35.5 Å². The predicted molar refractivity (Wildman–Crippen MR) is 121 cm³/mol. The van der Waals surface area contributed by atoms with Gasteiger partial charge in [-0.15, -0.1) is 12.4 Å². The number of nitrogens with zero attached hydrogens (tertiary/aromatic N) is 1. The molecule has 3 atom stereocenters. The number of hydrogen-bond acceptors (Lipinski definition) is 9. The predicted octanol–water partition coefficient (Wildman–Crippen LogP) is 0.460.